The maximum Gasteiger partial charge on any atom is 0.417 e. The zero-order valence-corrected chi connectivity index (χ0v) is 18.4. The second kappa shape index (κ2) is 9.61. The van der Waals surface area contributed by atoms with Crippen molar-refractivity contribution in [3.05, 3.63) is 58.8 Å². The third-order valence-electron chi connectivity index (χ3n) is 4.54. The molecule has 2 aromatic heterocycles. The number of halogens is 4. The molecule has 0 aliphatic rings. The molecule has 0 bridgehead atoms. The van der Waals surface area contributed by atoms with Crippen LogP contribution in [0.25, 0.3) is 11.3 Å². The predicted octanol–water partition coefficient (Wildman–Crippen LogP) is 5.49. The van der Waals surface area contributed by atoms with Crippen LogP contribution in [-0.2, 0) is 6.18 Å². The van der Waals surface area contributed by atoms with Crippen LogP contribution < -0.4 is 10.6 Å². The number of pyridine rings is 1. The van der Waals surface area contributed by atoms with Crippen molar-refractivity contribution >= 4 is 33.4 Å². The molecule has 164 valence electrons. The van der Waals surface area contributed by atoms with Gasteiger partial charge in [-0.05, 0) is 36.2 Å². The molecule has 2 heterocycles. The fourth-order valence-electron chi connectivity index (χ4n) is 2.80. The summed E-state index contributed by atoms with van der Waals surface area (Å²) in [5.41, 5.74) is 0.673. The standard InChI is InChI=1S/C21H21BrF3N5O/c1-12(2)18(11-31)29-20-28-17(13-4-3-7-26-10-13)9-19(30-20)27-14-5-6-16(22)15(8-14)21(23,24)25/h3-10,12,18,31H,11H2,1-2H3,(H2,27,28,29,30)/t18-/m1/s1. The molecule has 0 aliphatic heterocycles. The molecule has 6 nitrogen and oxygen atoms in total. The molecule has 0 radical (unpaired) electrons. The van der Waals surface area contributed by atoms with Gasteiger partial charge in [0.2, 0.25) is 5.95 Å². The van der Waals surface area contributed by atoms with E-state index in [1.165, 1.54) is 12.1 Å². The molecule has 31 heavy (non-hydrogen) atoms. The number of nitrogens with zero attached hydrogens (tertiary/aromatic N) is 3. The molecule has 0 unspecified atom stereocenters. The van der Waals surface area contributed by atoms with E-state index in [4.69, 9.17) is 0 Å². The number of hydrogen-bond acceptors (Lipinski definition) is 6. The van der Waals surface area contributed by atoms with E-state index in [2.05, 4.69) is 41.5 Å². The Labute approximate surface area is 186 Å². The van der Waals surface area contributed by atoms with Gasteiger partial charge in [-0.3, -0.25) is 4.98 Å². The Morgan fingerprint density at radius 3 is 2.52 bits per heavy atom. The first kappa shape index (κ1) is 23.0. The van der Waals surface area contributed by atoms with Gasteiger partial charge in [0, 0.05) is 34.2 Å². The number of aliphatic hydroxyl groups excluding tert-OH is 1. The normalized spacial score (nSPS) is 12.6. The Morgan fingerprint density at radius 1 is 1.13 bits per heavy atom. The smallest absolute Gasteiger partial charge is 0.394 e. The summed E-state index contributed by atoms with van der Waals surface area (Å²) in [6.45, 7) is 3.76. The summed E-state index contributed by atoms with van der Waals surface area (Å²) in [4.78, 5) is 13.0. The fraction of sp³-hybridized carbons (Fsp3) is 0.286. The molecule has 0 saturated heterocycles. The predicted molar refractivity (Wildman–Crippen MR) is 117 cm³/mol. The molecule has 1 atom stereocenters. The van der Waals surface area contributed by atoms with Crippen molar-refractivity contribution in [3.63, 3.8) is 0 Å². The summed E-state index contributed by atoms with van der Waals surface area (Å²) in [5, 5.41) is 15.6. The van der Waals surface area contributed by atoms with E-state index in [1.54, 1.807) is 24.5 Å². The highest BCUT2D eigenvalue weighted by Crippen LogP contribution is 2.37. The lowest BCUT2D eigenvalue weighted by Gasteiger charge is -2.21. The Morgan fingerprint density at radius 2 is 1.90 bits per heavy atom. The van der Waals surface area contributed by atoms with Crippen molar-refractivity contribution in [1.82, 2.24) is 15.0 Å². The summed E-state index contributed by atoms with van der Waals surface area (Å²) < 4.78 is 39.7. The van der Waals surface area contributed by atoms with Crippen LogP contribution in [0.5, 0.6) is 0 Å². The van der Waals surface area contributed by atoms with Crippen LogP contribution in [-0.4, -0.2) is 32.7 Å². The molecular weight excluding hydrogens is 475 g/mol. The highest BCUT2D eigenvalue weighted by atomic mass is 79.9. The van der Waals surface area contributed by atoms with Gasteiger partial charge < -0.3 is 15.7 Å². The highest BCUT2D eigenvalue weighted by molar-refractivity contribution is 9.10. The van der Waals surface area contributed by atoms with Crippen LogP contribution in [0, 0.1) is 5.92 Å². The number of rotatable bonds is 7. The number of anilines is 3. The van der Waals surface area contributed by atoms with Crippen molar-refractivity contribution in [2.24, 2.45) is 5.92 Å². The Kier molecular flexibility index (Phi) is 7.11. The Hall–Kier alpha value is -2.72. The van der Waals surface area contributed by atoms with E-state index >= 15 is 0 Å². The topological polar surface area (TPSA) is 83.0 Å². The number of alkyl halides is 3. The maximum atomic E-state index is 13.3. The zero-order valence-electron chi connectivity index (χ0n) is 16.8. The number of aromatic nitrogens is 3. The van der Waals surface area contributed by atoms with Gasteiger partial charge in [0.1, 0.15) is 5.82 Å². The van der Waals surface area contributed by atoms with Crippen LogP contribution in [0.2, 0.25) is 0 Å². The minimum absolute atomic E-state index is 0.0469. The van der Waals surface area contributed by atoms with Crippen LogP contribution >= 0.6 is 15.9 Å². The molecule has 1 aromatic carbocycles. The zero-order chi connectivity index (χ0) is 22.6. The third-order valence-corrected chi connectivity index (χ3v) is 5.24. The maximum absolute atomic E-state index is 13.3. The minimum atomic E-state index is -4.50. The molecule has 10 heteroatoms. The van der Waals surface area contributed by atoms with E-state index in [9.17, 15) is 18.3 Å². The SMILES string of the molecule is CC(C)[C@@H](CO)Nc1nc(Nc2ccc(Br)c(C(F)(F)F)c2)cc(-c2cccnc2)n1. The van der Waals surface area contributed by atoms with E-state index in [-0.39, 0.29) is 34.7 Å². The summed E-state index contributed by atoms with van der Waals surface area (Å²) in [6, 6.07) is 8.76. The molecular formula is C21H21BrF3N5O. The summed E-state index contributed by atoms with van der Waals surface area (Å²) in [7, 11) is 0. The number of nitrogens with one attached hydrogen (secondary N) is 2. The molecule has 0 aliphatic carbocycles. The van der Waals surface area contributed by atoms with Gasteiger partial charge in [-0.15, -0.1) is 0 Å². The van der Waals surface area contributed by atoms with Crippen LogP contribution in [0.1, 0.15) is 19.4 Å². The molecule has 0 saturated carbocycles. The van der Waals surface area contributed by atoms with E-state index in [0.717, 1.165) is 6.07 Å². The van der Waals surface area contributed by atoms with Gasteiger partial charge in [0.15, 0.2) is 0 Å². The molecule has 0 fully saturated rings. The third kappa shape index (κ3) is 5.92. The lowest BCUT2D eigenvalue weighted by atomic mass is 10.1. The van der Waals surface area contributed by atoms with E-state index in [1.807, 2.05) is 19.9 Å². The van der Waals surface area contributed by atoms with Gasteiger partial charge in [-0.25, -0.2) is 4.98 Å². The van der Waals surface area contributed by atoms with Crippen molar-refractivity contribution in [2.45, 2.75) is 26.1 Å². The van der Waals surface area contributed by atoms with Gasteiger partial charge in [0.25, 0.3) is 0 Å². The molecule has 3 N–H and O–H groups in total. The van der Waals surface area contributed by atoms with E-state index < -0.39 is 11.7 Å². The second-order valence-electron chi connectivity index (χ2n) is 7.20. The lowest BCUT2D eigenvalue weighted by molar-refractivity contribution is -0.138. The summed E-state index contributed by atoms with van der Waals surface area (Å²) >= 11 is 2.94. The molecule has 3 rings (SSSR count). The summed E-state index contributed by atoms with van der Waals surface area (Å²) in [5.74, 6) is 0.643. The lowest BCUT2D eigenvalue weighted by Crippen LogP contribution is -2.30. The van der Waals surface area contributed by atoms with Crippen LogP contribution in [0.3, 0.4) is 0 Å². The first-order valence-electron chi connectivity index (χ1n) is 9.48. The first-order chi connectivity index (χ1) is 14.7. The number of aliphatic hydroxyl groups is 1. The minimum Gasteiger partial charge on any atom is -0.394 e. The van der Waals surface area contributed by atoms with Gasteiger partial charge in [-0.1, -0.05) is 29.8 Å². The average Bonchev–Trinajstić information content (AvgIpc) is 2.73. The average molecular weight is 496 g/mol. The Balaban J connectivity index is 2.00. The first-order valence-corrected chi connectivity index (χ1v) is 10.3. The van der Waals surface area contributed by atoms with Crippen molar-refractivity contribution in [1.29, 1.82) is 0 Å². The van der Waals surface area contributed by atoms with Crippen molar-refractivity contribution in [2.75, 3.05) is 17.2 Å². The quantitative estimate of drug-likeness (QED) is 0.401. The number of benzene rings is 1. The van der Waals surface area contributed by atoms with Gasteiger partial charge in [-0.2, -0.15) is 18.2 Å². The molecule has 3 aromatic rings. The molecule has 0 amide bonds. The van der Waals surface area contributed by atoms with Crippen molar-refractivity contribution in [3.8, 4) is 11.3 Å². The van der Waals surface area contributed by atoms with Gasteiger partial charge in [0.05, 0.1) is 23.9 Å². The largest absolute Gasteiger partial charge is 0.417 e. The monoisotopic (exact) mass is 495 g/mol. The van der Waals surface area contributed by atoms with Crippen molar-refractivity contribution < 1.29 is 18.3 Å². The highest BCUT2D eigenvalue weighted by Gasteiger charge is 2.33. The van der Waals surface area contributed by atoms with Crippen LogP contribution in [0.15, 0.2) is 53.3 Å². The summed E-state index contributed by atoms with van der Waals surface area (Å²) in [6.07, 6.45) is -1.24. The van der Waals surface area contributed by atoms with E-state index in [0.29, 0.717) is 17.1 Å². The number of hydrogen-bond donors (Lipinski definition) is 3. The van der Waals surface area contributed by atoms with Gasteiger partial charge >= 0.3 is 6.18 Å². The molecule has 0 spiro atoms. The Bertz CT molecular complexity index is 1030. The van der Waals surface area contributed by atoms with Crippen LogP contribution in [0.4, 0.5) is 30.6 Å². The fourth-order valence-corrected chi connectivity index (χ4v) is 3.27. The second-order valence-corrected chi connectivity index (χ2v) is 8.05.